The fourth-order valence-corrected chi connectivity index (χ4v) is 5.71. The first-order valence-corrected chi connectivity index (χ1v) is 12.1. The number of thiophene rings is 1. The van der Waals surface area contributed by atoms with Gasteiger partial charge >= 0.3 is 0 Å². The Bertz CT molecular complexity index is 1240. The van der Waals surface area contributed by atoms with Gasteiger partial charge in [0.1, 0.15) is 0 Å². The van der Waals surface area contributed by atoms with Gasteiger partial charge in [0.05, 0.1) is 4.90 Å². The predicted octanol–water partition coefficient (Wildman–Crippen LogP) is 3.22. The van der Waals surface area contributed by atoms with E-state index in [-0.39, 0.29) is 10.5 Å². The van der Waals surface area contributed by atoms with Crippen molar-refractivity contribution in [2.75, 3.05) is 6.54 Å². The average Bonchev–Trinajstić information content (AvgIpc) is 3.26. The Morgan fingerprint density at radius 2 is 1.68 bits per heavy atom. The van der Waals surface area contributed by atoms with Gasteiger partial charge < -0.3 is 0 Å². The van der Waals surface area contributed by atoms with Crippen molar-refractivity contribution in [3.05, 3.63) is 86.6 Å². The number of nitrogens with one attached hydrogen (secondary N) is 2. The minimum Gasteiger partial charge on any atom is -0.267 e. The highest BCUT2D eigenvalue weighted by molar-refractivity contribution is 7.89. The summed E-state index contributed by atoms with van der Waals surface area (Å²) >= 11 is 7.43. The third-order valence-electron chi connectivity index (χ3n) is 4.90. The number of nitrogens with zero attached hydrogens (tertiary/aromatic N) is 1. The largest absolute Gasteiger partial charge is 0.269 e. The van der Waals surface area contributed by atoms with Crippen LogP contribution in [0.15, 0.2) is 64.9 Å². The van der Waals surface area contributed by atoms with E-state index in [1.165, 1.54) is 45.6 Å². The maximum absolute atomic E-state index is 13.1. The Morgan fingerprint density at radius 3 is 2.42 bits per heavy atom. The van der Waals surface area contributed by atoms with E-state index in [0.717, 1.165) is 5.56 Å². The summed E-state index contributed by atoms with van der Waals surface area (Å²) in [5.41, 5.74) is 6.05. The normalized spacial score (nSPS) is 14.0. The van der Waals surface area contributed by atoms with Crippen LogP contribution >= 0.6 is 22.9 Å². The van der Waals surface area contributed by atoms with Crippen LogP contribution in [-0.4, -0.2) is 31.1 Å². The standard InChI is InChI=1S/C21H18ClN3O4S2/c22-17-6-4-14(5-7-17)20(26)23-24-21(27)15-2-1-3-18(12-15)31(28,29)25-10-8-19-16(13-25)9-11-30-19/h1-7,9,11-12H,8,10,13H2,(H,23,26)(H,24,27). The molecule has 4 rings (SSSR count). The molecule has 0 bridgehead atoms. The number of carbonyl (C=O) groups is 2. The lowest BCUT2D eigenvalue weighted by Crippen LogP contribution is -2.41. The molecule has 2 amide bonds. The van der Waals surface area contributed by atoms with E-state index in [9.17, 15) is 18.0 Å². The first-order chi connectivity index (χ1) is 14.8. The fourth-order valence-electron chi connectivity index (χ4n) is 3.23. The molecule has 0 saturated heterocycles. The minimum atomic E-state index is -3.76. The van der Waals surface area contributed by atoms with E-state index < -0.39 is 21.8 Å². The summed E-state index contributed by atoms with van der Waals surface area (Å²) in [5, 5.41) is 2.45. The summed E-state index contributed by atoms with van der Waals surface area (Å²) in [7, 11) is -3.76. The van der Waals surface area contributed by atoms with Crippen LogP contribution in [0.4, 0.5) is 0 Å². The summed E-state index contributed by atoms with van der Waals surface area (Å²) in [6.07, 6.45) is 0.670. The highest BCUT2D eigenvalue weighted by Gasteiger charge is 2.29. The molecule has 31 heavy (non-hydrogen) atoms. The van der Waals surface area contributed by atoms with Crippen LogP contribution in [0.3, 0.4) is 0 Å². The van der Waals surface area contributed by atoms with Crippen LogP contribution in [0.25, 0.3) is 0 Å². The Kier molecular flexibility index (Phi) is 6.10. The lowest BCUT2D eigenvalue weighted by atomic mass is 10.1. The highest BCUT2D eigenvalue weighted by Crippen LogP contribution is 2.28. The number of hydrogen-bond donors (Lipinski definition) is 2. The molecule has 0 radical (unpaired) electrons. The van der Waals surface area contributed by atoms with Crippen molar-refractivity contribution in [3.63, 3.8) is 0 Å². The molecule has 0 atom stereocenters. The van der Waals surface area contributed by atoms with Crippen molar-refractivity contribution in [1.29, 1.82) is 0 Å². The second-order valence-electron chi connectivity index (χ2n) is 6.90. The first-order valence-electron chi connectivity index (χ1n) is 9.36. The van der Waals surface area contributed by atoms with Crippen LogP contribution in [0.2, 0.25) is 5.02 Å². The zero-order valence-corrected chi connectivity index (χ0v) is 18.6. The van der Waals surface area contributed by atoms with Crippen LogP contribution in [0.1, 0.15) is 31.2 Å². The van der Waals surface area contributed by atoms with Gasteiger partial charge in [-0.05, 0) is 65.9 Å². The third-order valence-corrected chi connectivity index (χ3v) is 8.02. The molecule has 2 N–H and O–H groups in total. The Balaban J connectivity index is 1.45. The van der Waals surface area contributed by atoms with Crippen LogP contribution in [0.5, 0.6) is 0 Å². The number of hydrogen-bond acceptors (Lipinski definition) is 5. The summed E-state index contributed by atoms with van der Waals surface area (Å²) in [4.78, 5) is 25.8. The number of fused-ring (bicyclic) bond motifs is 1. The lowest BCUT2D eigenvalue weighted by Gasteiger charge is -2.26. The topological polar surface area (TPSA) is 95.6 Å². The zero-order chi connectivity index (χ0) is 22.0. The van der Waals surface area contributed by atoms with Crippen molar-refractivity contribution in [1.82, 2.24) is 15.2 Å². The van der Waals surface area contributed by atoms with E-state index in [4.69, 9.17) is 11.6 Å². The van der Waals surface area contributed by atoms with Gasteiger partial charge in [-0.2, -0.15) is 4.31 Å². The summed E-state index contributed by atoms with van der Waals surface area (Å²) in [5.74, 6) is -1.15. The maximum atomic E-state index is 13.1. The quantitative estimate of drug-likeness (QED) is 0.566. The maximum Gasteiger partial charge on any atom is 0.269 e. The van der Waals surface area contributed by atoms with Crippen LogP contribution < -0.4 is 10.9 Å². The lowest BCUT2D eigenvalue weighted by molar-refractivity contribution is 0.0846. The predicted molar refractivity (Wildman–Crippen MR) is 118 cm³/mol. The Labute approximate surface area is 188 Å². The molecule has 2 aromatic carbocycles. The molecule has 0 spiro atoms. The van der Waals surface area contributed by atoms with Crippen LogP contribution in [0, 0.1) is 0 Å². The Hall–Kier alpha value is -2.72. The van der Waals surface area contributed by atoms with Crippen molar-refractivity contribution >= 4 is 44.8 Å². The molecule has 7 nitrogen and oxygen atoms in total. The number of benzene rings is 2. The van der Waals surface area contributed by atoms with Gasteiger partial charge in [-0.25, -0.2) is 8.42 Å². The molecule has 0 saturated carbocycles. The molecule has 2 heterocycles. The number of carbonyl (C=O) groups excluding carboxylic acids is 2. The number of halogens is 1. The van der Waals surface area contributed by atoms with Crippen molar-refractivity contribution in [3.8, 4) is 0 Å². The molecule has 1 aliphatic rings. The van der Waals surface area contributed by atoms with Gasteiger partial charge in [-0.1, -0.05) is 17.7 Å². The SMILES string of the molecule is O=C(NNC(=O)c1cccc(S(=O)(=O)N2CCc3sccc3C2)c1)c1ccc(Cl)cc1. The molecule has 0 unspecified atom stereocenters. The minimum absolute atomic E-state index is 0.0304. The molecule has 0 fully saturated rings. The van der Waals surface area contributed by atoms with Gasteiger partial charge in [-0.3, -0.25) is 20.4 Å². The summed E-state index contributed by atoms with van der Waals surface area (Å²) < 4.78 is 27.6. The van der Waals surface area contributed by atoms with Gasteiger partial charge in [0.15, 0.2) is 0 Å². The molecule has 10 heteroatoms. The zero-order valence-electron chi connectivity index (χ0n) is 16.2. The first kappa shape index (κ1) is 21.5. The van der Waals surface area contributed by atoms with E-state index >= 15 is 0 Å². The van der Waals surface area contributed by atoms with Gasteiger partial charge in [0.2, 0.25) is 10.0 Å². The molecule has 0 aliphatic carbocycles. The van der Waals surface area contributed by atoms with Crippen molar-refractivity contribution < 1.29 is 18.0 Å². The van der Waals surface area contributed by atoms with E-state index in [1.54, 1.807) is 23.5 Å². The fraction of sp³-hybridized carbons (Fsp3) is 0.143. The van der Waals surface area contributed by atoms with Crippen molar-refractivity contribution in [2.24, 2.45) is 0 Å². The number of amides is 2. The third kappa shape index (κ3) is 4.64. The molecular formula is C21H18ClN3O4S2. The molecule has 160 valence electrons. The van der Waals surface area contributed by atoms with Crippen LogP contribution in [-0.2, 0) is 23.0 Å². The smallest absolute Gasteiger partial charge is 0.267 e. The average molecular weight is 476 g/mol. The second-order valence-corrected chi connectivity index (χ2v) is 10.3. The number of rotatable bonds is 4. The summed E-state index contributed by atoms with van der Waals surface area (Å²) in [6.45, 7) is 0.707. The second kappa shape index (κ2) is 8.80. The van der Waals surface area contributed by atoms with E-state index in [2.05, 4.69) is 10.9 Å². The van der Waals surface area contributed by atoms with Gasteiger partial charge in [-0.15, -0.1) is 11.3 Å². The summed E-state index contributed by atoms with van der Waals surface area (Å²) in [6, 6.07) is 13.9. The van der Waals surface area contributed by atoms with Crippen molar-refractivity contribution in [2.45, 2.75) is 17.9 Å². The number of hydrazine groups is 1. The molecule has 1 aromatic heterocycles. The molecular weight excluding hydrogens is 458 g/mol. The van der Waals surface area contributed by atoms with E-state index in [0.29, 0.717) is 30.1 Å². The Morgan fingerprint density at radius 1 is 0.968 bits per heavy atom. The van der Waals surface area contributed by atoms with Gasteiger partial charge in [0, 0.05) is 34.1 Å². The van der Waals surface area contributed by atoms with E-state index in [1.807, 2.05) is 11.4 Å². The molecule has 3 aromatic rings. The van der Waals surface area contributed by atoms with Gasteiger partial charge in [0.25, 0.3) is 11.8 Å². The number of sulfonamides is 1. The molecule has 1 aliphatic heterocycles. The highest BCUT2D eigenvalue weighted by atomic mass is 35.5. The monoisotopic (exact) mass is 475 g/mol.